The summed E-state index contributed by atoms with van der Waals surface area (Å²) in [7, 11) is 0. The second-order valence-corrected chi connectivity index (χ2v) is 7.89. The van der Waals surface area contributed by atoms with E-state index in [1.165, 1.54) is 19.3 Å². The van der Waals surface area contributed by atoms with Crippen LogP contribution in [0.3, 0.4) is 0 Å². The summed E-state index contributed by atoms with van der Waals surface area (Å²) in [4.78, 5) is 14.2. The third-order valence-corrected chi connectivity index (χ3v) is 6.05. The molecular weight excluding hydrogens is 266 g/mol. The van der Waals surface area contributed by atoms with Gasteiger partial charge in [-0.15, -0.1) is 11.8 Å². The quantitative estimate of drug-likeness (QED) is 0.621. The number of thiocarbonyl (C=S) groups is 1. The molecule has 2 aliphatic rings. The molecule has 0 saturated carbocycles. The summed E-state index contributed by atoms with van der Waals surface area (Å²) >= 11 is 7.22. The van der Waals surface area contributed by atoms with Crippen LogP contribution in [0.5, 0.6) is 0 Å². The average molecular weight is 287 g/mol. The zero-order valence-corrected chi connectivity index (χ0v) is 12.8. The van der Waals surface area contributed by atoms with Crippen LogP contribution in [0.4, 0.5) is 0 Å². The van der Waals surface area contributed by atoms with Crippen LogP contribution >= 0.6 is 24.0 Å². The second-order valence-electron chi connectivity index (χ2n) is 5.70. The van der Waals surface area contributed by atoms with Crippen molar-refractivity contribution in [2.24, 2.45) is 5.92 Å². The summed E-state index contributed by atoms with van der Waals surface area (Å²) in [6.07, 6.45) is 4.76. The number of carboxylic acid groups (broad SMARTS) is 1. The Kier molecular flexibility index (Phi) is 3.93. The molecule has 18 heavy (non-hydrogen) atoms. The molecule has 0 aromatic carbocycles. The monoisotopic (exact) mass is 287 g/mol. The third kappa shape index (κ3) is 2.16. The van der Waals surface area contributed by atoms with Crippen LogP contribution in [0, 0.1) is 5.92 Å². The summed E-state index contributed by atoms with van der Waals surface area (Å²) in [5.41, 5.74) is 0. The number of fused-ring (bicyclic) bond motifs is 1. The molecule has 3 atom stereocenters. The molecule has 2 fully saturated rings. The predicted octanol–water partition coefficient (Wildman–Crippen LogP) is 3.13. The van der Waals surface area contributed by atoms with Crippen LogP contribution in [0.2, 0.25) is 0 Å². The van der Waals surface area contributed by atoms with E-state index in [4.69, 9.17) is 12.2 Å². The summed E-state index contributed by atoms with van der Waals surface area (Å²) < 4.78 is -0.250. The molecule has 0 radical (unpaired) electrons. The van der Waals surface area contributed by atoms with Crippen molar-refractivity contribution in [3.05, 3.63) is 0 Å². The number of carbonyl (C=O) groups is 1. The fourth-order valence-electron chi connectivity index (χ4n) is 2.97. The molecule has 2 heterocycles. The largest absolute Gasteiger partial charge is 0.480 e. The zero-order chi connectivity index (χ0) is 13.5. The van der Waals surface area contributed by atoms with E-state index in [-0.39, 0.29) is 4.75 Å². The Labute approximate surface area is 118 Å². The van der Waals surface area contributed by atoms with Crippen molar-refractivity contribution < 1.29 is 9.90 Å². The van der Waals surface area contributed by atoms with Gasteiger partial charge < -0.3 is 10.0 Å². The van der Waals surface area contributed by atoms with Gasteiger partial charge in [0.2, 0.25) is 0 Å². The van der Waals surface area contributed by atoms with Gasteiger partial charge in [0.25, 0.3) is 0 Å². The van der Waals surface area contributed by atoms with Gasteiger partial charge in [0.15, 0.2) is 0 Å². The highest BCUT2D eigenvalue weighted by atomic mass is 32.2. The van der Waals surface area contributed by atoms with E-state index in [0.29, 0.717) is 11.3 Å². The van der Waals surface area contributed by atoms with E-state index in [0.717, 1.165) is 11.4 Å². The minimum absolute atomic E-state index is 0.250. The highest BCUT2D eigenvalue weighted by Crippen LogP contribution is 2.54. The molecule has 0 aromatic heterocycles. The minimum Gasteiger partial charge on any atom is -0.480 e. The Morgan fingerprint density at radius 1 is 1.50 bits per heavy atom. The smallest absolute Gasteiger partial charge is 0.327 e. The normalized spacial score (nSPS) is 33.2. The number of unbranched alkanes of at least 4 members (excludes halogenated alkanes) is 2. The van der Waals surface area contributed by atoms with Crippen molar-refractivity contribution >= 4 is 34.9 Å². The Morgan fingerprint density at radius 2 is 2.17 bits per heavy atom. The van der Waals surface area contributed by atoms with Crippen LogP contribution in [0.15, 0.2) is 0 Å². The van der Waals surface area contributed by atoms with Crippen molar-refractivity contribution in [1.29, 1.82) is 0 Å². The molecule has 0 bridgehead atoms. The van der Waals surface area contributed by atoms with E-state index < -0.39 is 12.0 Å². The van der Waals surface area contributed by atoms with Gasteiger partial charge >= 0.3 is 5.97 Å². The van der Waals surface area contributed by atoms with Gasteiger partial charge in [-0.25, -0.2) is 4.79 Å². The molecule has 0 amide bonds. The first kappa shape index (κ1) is 14.1. The predicted molar refractivity (Wildman–Crippen MR) is 79.0 cm³/mol. The van der Waals surface area contributed by atoms with Crippen LogP contribution in [-0.4, -0.2) is 37.1 Å². The van der Waals surface area contributed by atoms with E-state index in [1.54, 1.807) is 11.8 Å². The maximum absolute atomic E-state index is 11.4. The van der Waals surface area contributed by atoms with Gasteiger partial charge in [-0.05, 0) is 20.3 Å². The number of aliphatic carboxylic acids is 1. The van der Waals surface area contributed by atoms with Crippen LogP contribution in [-0.2, 0) is 4.79 Å². The van der Waals surface area contributed by atoms with Crippen molar-refractivity contribution in [3.63, 3.8) is 0 Å². The standard InChI is InChI=1S/C13H21NO2S2/c1-4-5-6-7-8-10(17)14-9(12(15)16)13(2,3)18-11(8)14/h8-9,11H,4-7H2,1-3H3,(H,15,16)/t8-,9+,11-/m1/s1. The number of thioether (sulfide) groups is 1. The summed E-state index contributed by atoms with van der Waals surface area (Å²) in [6, 6.07) is -0.456. The number of hydrogen-bond acceptors (Lipinski definition) is 3. The Bertz CT molecular complexity index is 370. The summed E-state index contributed by atoms with van der Waals surface area (Å²) in [5.74, 6) is -0.329. The maximum Gasteiger partial charge on any atom is 0.327 e. The number of carboxylic acids is 1. The molecule has 2 saturated heterocycles. The number of hydrogen-bond donors (Lipinski definition) is 1. The Hall–Kier alpha value is -0.290. The van der Waals surface area contributed by atoms with Gasteiger partial charge in [-0.1, -0.05) is 38.4 Å². The molecular formula is C13H21NO2S2. The summed E-state index contributed by atoms with van der Waals surface area (Å²) in [6.45, 7) is 6.22. The van der Waals surface area contributed by atoms with Gasteiger partial charge in [0, 0.05) is 10.7 Å². The van der Waals surface area contributed by atoms with Gasteiger partial charge in [0.1, 0.15) is 6.04 Å². The van der Waals surface area contributed by atoms with Gasteiger partial charge in [-0.2, -0.15) is 0 Å². The highest BCUT2D eigenvalue weighted by molar-refractivity contribution is 8.01. The summed E-state index contributed by atoms with van der Waals surface area (Å²) in [5, 5.41) is 9.67. The third-order valence-electron chi connectivity index (χ3n) is 3.90. The first-order valence-corrected chi connectivity index (χ1v) is 7.91. The maximum atomic E-state index is 11.4. The first-order chi connectivity index (χ1) is 8.40. The molecule has 5 heteroatoms. The van der Waals surface area contributed by atoms with Crippen molar-refractivity contribution in [2.75, 3.05) is 0 Å². The molecule has 0 unspecified atom stereocenters. The molecule has 102 valence electrons. The second kappa shape index (κ2) is 5.00. The lowest BCUT2D eigenvalue weighted by molar-refractivity contribution is -0.143. The van der Waals surface area contributed by atoms with E-state index in [9.17, 15) is 9.90 Å². The lowest BCUT2D eigenvalue weighted by atomic mass is 9.89. The lowest BCUT2D eigenvalue weighted by Gasteiger charge is -2.46. The molecule has 1 N–H and O–H groups in total. The van der Waals surface area contributed by atoms with E-state index in [1.807, 2.05) is 18.7 Å². The van der Waals surface area contributed by atoms with Gasteiger partial charge in [0.05, 0.1) is 10.4 Å². The van der Waals surface area contributed by atoms with Crippen molar-refractivity contribution in [1.82, 2.24) is 4.90 Å². The molecule has 2 rings (SSSR count). The zero-order valence-electron chi connectivity index (χ0n) is 11.2. The molecule has 0 aliphatic carbocycles. The average Bonchev–Trinajstić information content (AvgIpc) is 2.53. The molecule has 2 aliphatic heterocycles. The molecule has 3 nitrogen and oxygen atoms in total. The van der Waals surface area contributed by atoms with Crippen LogP contribution < -0.4 is 0 Å². The SMILES string of the molecule is CCCCC[C@@H]1C(=S)N2[C@@H]1SC(C)(C)[C@@H]2C(=O)O. The number of rotatable bonds is 5. The Morgan fingerprint density at radius 3 is 2.72 bits per heavy atom. The fourth-order valence-corrected chi connectivity index (χ4v) is 5.33. The molecule has 0 aromatic rings. The Balaban J connectivity index is 2.05. The van der Waals surface area contributed by atoms with E-state index in [2.05, 4.69) is 6.92 Å². The van der Waals surface area contributed by atoms with E-state index >= 15 is 0 Å². The molecule has 0 spiro atoms. The lowest BCUT2D eigenvalue weighted by Crippen LogP contribution is -2.61. The number of nitrogens with zero attached hydrogens (tertiary/aromatic N) is 1. The fraction of sp³-hybridized carbons (Fsp3) is 0.846. The van der Waals surface area contributed by atoms with Gasteiger partial charge in [-0.3, -0.25) is 0 Å². The topological polar surface area (TPSA) is 40.5 Å². The van der Waals surface area contributed by atoms with Crippen LogP contribution in [0.1, 0.15) is 46.5 Å². The van der Waals surface area contributed by atoms with Crippen molar-refractivity contribution in [3.8, 4) is 0 Å². The highest BCUT2D eigenvalue weighted by Gasteiger charge is 2.61. The van der Waals surface area contributed by atoms with Crippen molar-refractivity contribution in [2.45, 2.75) is 62.6 Å². The first-order valence-electron chi connectivity index (χ1n) is 6.63. The minimum atomic E-state index is -0.746. The van der Waals surface area contributed by atoms with Crippen LogP contribution in [0.25, 0.3) is 0 Å².